The van der Waals surface area contributed by atoms with E-state index in [2.05, 4.69) is 16.7 Å². The first kappa shape index (κ1) is 23.2. The first-order chi connectivity index (χ1) is 16.0. The van der Waals surface area contributed by atoms with Gasteiger partial charge in [0, 0.05) is 28.4 Å². The number of carbonyl (C=O) groups excluding carboxylic acids is 2. The van der Waals surface area contributed by atoms with Crippen LogP contribution in [-0.2, 0) is 16.0 Å². The molecule has 1 heterocycles. The summed E-state index contributed by atoms with van der Waals surface area (Å²) in [6, 6.07) is 17.3. The predicted octanol–water partition coefficient (Wildman–Crippen LogP) is 5.70. The molecular weight excluding hydrogens is 454 g/mol. The van der Waals surface area contributed by atoms with Crippen molar-refractivity contribution in [3.63, 3.8) is 0 Å². The lowest BCUT2D eigenvalue weighted by Gasteiger charge is -2.33. The zero-order valence-electron chi connectivity index (χ0n) is 18.3. The number of aryl methyl sites for hydroxylation is 1. The van der Waals surface area contributed by atoms with Crippen LogP contribution in [0.4, 0.5) is 5.69 Å². The fraction of sp³-hybridized carbons (Fsp3) is 0.269. The lowest BCUT2D eigenvalue weighted by Crippen LogP contribution is -2.31. The van der Waals surface area contributed by atoms with Crippen LogP contribution in [-0.4, -0.2) is 17.4 Å². The van der Waals surface area contributed by atoms with Crippen molar-refractivity contribution < 1.29 is 9.59 Å². The van der Waals surface area contributed by atoms with Gasteiger partial charge in [0.05, 0.1) is 28.3 Å². The van der Waals surface area contributed by atoms with Gasteiger partial charge < -0.3 is 10.6 Å². The van der Waals surface area contributed by atoms with Gasteiger partial charge in [0.1, 0.15) is 0 Å². The van der Waals surface area contributed by atoms with Gasteiger partial charge in [0.25, 0.3) is 0 Å². The second kappa shape index (κ2) is 10.3. The molecule has 1 aliphatic carbocycles. The van der Waals surface area contributed by atoms with Crippen LogP contribution in [0.5, 0.6) is 0 Å². The van der Waals surface area contributed by atoms with Gasteiger partial charge >= 0.3 is 0 Å². The normalized spacial score (nSPS) is 17.8. The number of dihydropyridines is 1. The molecule has 0 fully saturated rings. The molecule has 0 aromatic heterocycles. The molecular formula is C26H24ClN3O2S. The maximum atomic E-state index is 12.9. The Balaban J connectivity index is 1.61. The van der Waals surface area contributed by atoms with Crippen LogP contribution >= 0.6 is 23.4 Å². The third-order valence-corrected chi connectivity index (χ3v) is 7.16. The zero-order chi connectivity index (χ0) is 23.4. The number of hydrogen-bond donors (Lipinski definition) is 2. The highest BCUT2D eigenvalue weighted by Crippen LogP contribution is 2.44. The van der Waals surface area contributed by atoms with Crippen LogP contribution in [0.15, 0.2) is 70.4 Å². The molecule has 1 unspecified atom stereocenters. The Morgan fingerprint density at radius 2 is 1.97 bits per heavy atom. The first-order valence-electron chi connectivity index (χ1n) is 10.9. The summed E-state index contributed by atoms with van der Waals surface area (Å²) >= 11 is 7.36. The Kier molecular flexibility index (Phi) is 7.22. The molecule has 0 spiro atoms. The quantitative estimate of drug-likeness (QED) is 0.557. The molecule has 4 rings (SSSR count). The van der Waals surface area contributed by atoms with E-state index >= 15 is 0 Å². The second-order valence-corrected chi connectivity index (χ2v) is 9.40. The topological polar surface area (TPSA) is 82.0 Å². The van der Waals surface area contributed by atoms with E-state index in [1.54, 1.807) is 12.1 Å². The van der Waals surface area contributed by atoms with Crippen molar-refractivity contribution in [1.29, 1.82) is 5.26 Å². The largest absolute Gasteiger partial charge is 0.352 e. The van der Waals surface area contributed by atoms with E-state index < -0.39 is 5.92 Å². The summed E-state index contributed by atoms with van der Waals surface area (Å²) in [5.41, 5.74) is 4.69. The SMILES string of the molecule is CCc1ccccc1NC(=O)CSC1=C(C#N)C(c2ccc(Cl)cc2)C2=C(CCCC2=O)N1. The molecule has 2 aromatic rings. The summed E-state index contributed by atoms with van der Waals surface area (Å²) in [4.78, 5) is 25.5. The summed E-state index contributed by atoms with van der Waals surface area (Å²) in [6.45, 7) is 2.05. The van der Waals surface area contributed by atoms with Gasteiger partial charge in [-0.2, -0.15) is 5.26 Å². The molecule has 1 aliphatic heterocycles. The number of carbonyl (C=O) groups is 2. The summed E-state index contributed by atoms with van der Waals surface area (Å²) in [6.07, 6.45) is 2.81. The summed E-state index contributed by atoms with van der Waals surface area (Å²) in [5, 5.41) is 17.6. The van der Waals surface area contributed by atoms with Gasteiger partial charge in [-0.3, -0.25) is 9.59 Å². The highest BCUT2D eigenvalue weighted by Gasteiger charge is 2.37. The van der Waals surface area contributed by atoms with E-state index in [1.807, 2.05) is 43.3 Å². The van der Waals surface area contributed by atoms with E-state index in [4.69, 9.17) is 11.6 Å². The van der Waals surface area contributed by atoms with E-state index in [-0.39, 0.29) is 17.4 Å². The number of nitrogens with one attached hydrogen (secondary N) is 2. The number of hydrogen-bond acceptors (Lipinski definition) is 5. The molecule has 2 aliphatic rings. The highest BCUT2D eigenvalue weighted by molar-refractivity contribution is 8.03. The third-order valence-electron chi connectivity index (χ3n) is 5.89. The summed E-state index contributed by atoms with van der Waals surface area (Å²) < 4.78 is 0. The molecule has 5 nitrogen and oxygen atoms in total. The number of halogens is 1. The average molecular weight is 478 g/mol. The number of rotatable bonds is 6. The molecule has 7 heteroatoms. The smallest absolute Gasteiger partial charge is 0.234 e. The van der Waals surface area contributed by atoms with Crippen LogP contribution in [0, 0.1) is 11.3 Å². The molecule has 0 bridgehead atoms. The standard InChI is InChI=1S/C26H24ClN3O2S/c1-2-16-6-3-4-7-20(16)29-23(32)15-33-26-19(14-28)24(17-10-12-18(27)13-11-17)25-21(30-26)8-5-9-22(25)31/h3-4,6-7,10-13,24,30H,2,5,8-9,15H2,1H3,(H,29,32). The number of amides is 1. The number of ketones is 1. The Bertz CT molecular complexity index is 1190. The highest BCUT2D eigenvalue weighted by atomic mass is 35.5. The minimum atomic E-state index is -0.456. The van der Waals surface area contributed by atoms with Gasteiger partial charge in [-0.25, -0.2) is 0 Å². The van der Waals surface area contributed by atoms with Crippen molar-refractivity contribution in [2.45, 2.75) is 38.5 Å². The second-order valence-electron chi connectivity index (χ2n) is 7.98. The van der Waals surface area contributed by atoms with Crippen molar-refractivity contribution in [3.8, 4) is 6.07 Å². The third kappa shape index (κ3) is 5.00. The van der Waals surface area contributed by atoms with Crippen LogP contribution in [0.1, 0.15) is 43.2 Å². The molecule has 1 amide bonds. The fourth-order valence-corrected chi connectivity index (χ4v) is 5.29. The lowest BCUT2D eigenvalue weighted by atomic mass is 9.77. The van der Waals surface area contributed by atoms with E-state index in [0.717, 1.165) is 41.8 Å². The monoisotopic (exact) mass is 477 g/mol. The summed E-state index contributed by atoms with van der Waals surface area (Å²) in [5.74, 6) is -0.387. The number of nitrogens with zero attached hydrogens (tertiary/aromatic N) is 1. The molecule has 0 saturated heterocycles. The Labute approximate surface area is 202 Å². The van der Waals surface area contributed by atoms with Crippen molar-refractivity contribution in [2.75, 3.05) is 11.1 Å². The molecule has 168 valence electrons. The van der Waals surface area contributed by atoms with Crippen LogP contribution in [0.2, 0.25) is 5.02 Å². The van der Waals surface area contributed by atoms with Crippen molar-refractivity contribution in [2.24, 2.45) is 0 Å². The number of nitriles is 1. The average Bonchev–Trinajstić information content (AvgIpc) is 2.83. The van der Waals surface area contributed by atoms with Gasteiger partial charge in [-0.15, -0.1) is 0 Å². The van der Waals surface area contributed by atoms with Crippen LogP contribution in [0.3, 0.4) is 0 Å². The predicted molar refractivity (Wildman–Crippen MR) is 133 cm³/mol. The molecule has 2 aromatic carbocycles. The van der Waals surface area contributed by atoms with Crippen molar-refractivity contribution in [1.82, 2.24) is 5.32 Å². The van der Waals surface area contributed by atoms with Crippen LogP contribution < -0.4 is 10.6 Å². The van der Waals surface area contributed by atoms with Crippen LogP contribution in [0.25, 0.3) is 0 Å². The molecule has 33 heavy (non-hydrogen) atoms. The number of allylic oxidation sites excluding steroid dienone is 3. The number of thioether (sulfide) groups is 1. The minimum Gasteiger partial charge on any atom is -0.352 e. The number of Topliss-reactive ketones (excluding diaryl/α,β-unsaturated/α-hetero) is 1. The molecule has 1 atom stereocenters. The Hall–Kier alpha value is -3.01. The first-order valence-corrected chi connectivity index (χ1v) is 12.3. The number of para-hydroxylation sites is 1. The van der Waals surface area contributed by atoms with Crippen molar-refractivity contribution >= 4 is 40.7 Å². The maximum absolute atomic E-state index is 12.9. The molecule has 0 radical (unpaired) electrons. The van der Waals surface area contributed by atoms with Gasteiger partial charge in [0.2, 0.25) is 5.91 Å². The van der Waals surface area contributed by atoms with E-state index in [0.29, 0.717) is 27.6 Å². The lowest BCUT2D eigenvalue weighted by molar-refractivity contribution is -0.116. The minimum absolute atomic E-state index is 0.0643. The number of anilines is 1. The molecule has 0 saturated carbocycles. The number of benzene rings is 2. The Morgan fingerprint density at radius 1 is 1.21 bits per heavy atom. The maximum Gasteiger partial charge on any atom is 0.234 e. The van der Waals surface area contributed by atoms with Gasteiger partial charge in [-0.1, -0.05) is 60.6 Å². The van der Waals surface area contributed by atoms with E-state index in [1.165, 1.54) is 11.8 Å². The molecule has 2 N–H and O–H groups in total. The summed E-state index contributed by atoms with van der Waals surface area (Å²) in [7, 11) is 0. The van der Waals surface area contributed by atoms with Gasteiger partial charge in [0.15, 0.2) is 5.78 Å². The van der Waals surface area contributed by atoms with Crippen molar-refractivity contribution in [3.05, 3.63) is 86.6 Å². The zero-order valence-corrected chi connectivity index (χ0v) is 19.9. The van der Waals surface area contributed by atoms with E-state index in [9.17, 15) is 14.9 Å². The Morgan fingerprint density at radius 3 is 2.70 bits per heavy atom. The fourth-order valence-electron chi connectivity index (χ4n) is 4.30. The van der Waals surface area contributed by atoms with Gasteiger partial charge in [-0.05, 0) is 48.6 Å².